The van der Waals surface area contributed by atoms with E-state index in [-0.39, 0.29) is 11.7 Å². The van der Waals surface area contributed by atoms with Gasteiger partial charge in [0.15, 0.2) is 12.1 Å². The van der Waals surface area contributed by atoms with E-state index in [4.69, 9.17) is 16.3 Å². The van der Waals surface area contributed by atoms with E-state index < -0.39 is 6.29 Å². The molecule has 0 fully saturated rings. The lowest BCUT2D eigenvalue weighted by molar-refractivity contribution is -0.121. The minimum Gasteiger partial charge on any atom is -0.469 e. The summed E-state index contributed by atoms with van der Waals surface area (Å²) in [7, 11) is 0. The van der Waals surface area contributed by atoms with E-state index in [1.165, 1.54) is 0 Å². The molecular formula is C15H15ClO3. The van der Waals surface area contributed by atoms with Crippen molar-refractivity contribution in [3.05, 3.63) is 46.2 Å². The second kappa shape index (κ2) is 4.99. The van der Waals surface area contributed by atoms with Gasteiger partial charge in [-0.3, -0.25) is 4.79 Å². The van der Waals surface area contributed by atoms with Gasteiger partial charge in [0.1, 0.15) is 5.76 Å². The smallest absolute Gasteiger partial charge is 0.197 e. The maximum atomic E-state index is 12.2. The van der Waals surface area contributed by atoms with Crippen molar-refractivity contribution in [2.45, 2.75) is 37.9 Å². The molecule has 2 atom stereocenters. The topological polar surface area (TPSA) is 46.5 Å². The van der Waals surface area contributed by atoms with E-state index in [1.54, 1.807) is 0 Å². The molecule has 0 amide bonds. The number of ether oxygens (including phenoxy) is 1. The Kier molecular flexibility index (Phi) is 3.33. The molecule has 0 spiro atoms. The van der Waals surface area contributed by atoms with Gasteiger partial charge in [0.2, 0.25) is 0 Å². The molecule has 1 aromatic rings. The van der Waals surface area contributed by atoms with Crippen LogP contribution in [0.3, 0.4) is 0 Å². The number of benzene rings is 1. The first-order chi connectivity index (χ1) is 9.16. The van der Waals surface area contributed by atoms with E-state index >= 15 is 0 Å². The molecule has 1 unspecified atom stereocenters. The van der Waals surface area contributed by atoms with Crippen molar-refractivity contribution in [1.82, 2.24) is 0 Å². The average molecular weight is 279 g/mol. The van der Waals surface area contributed by atoms with Crippen molar-refractivity contribution in [1.29, 1.82) is 0 Å². The zero-order valence-electron chi connectivity index (χ0n) is 10.4. The maximum Gasteiger partial charge on any atom is 0.197 e. The molecule has 1 N–H and O–H groups in total. The summed E-state index contributed by atoms with van der Waals surface area (Å²) in [5, 5.41) is 10.5. The number of halogens is 1. The van der Waals surface area contributed by atoms with Crippen LogP contribution in [0.25, 0.3) is 0 Å². The van der Waals surface area contributed by atoms with E-state index in [1.807, 2.05) is 24.3 Å². The average Bonchev–Trinajstić information content (AvgIpc) is 2.38. The number of allylic oxidation sites excluding steroid dienone is 2. The highest BCUT2D eigenvalue weighted by atomic mass is 35.5. The highest BCUT2D eigenvalue weighted by Gasteiger charge is 2.36. The molecule has 3 nitrogen and oxygen atoms in total. The van der Waals surface area contributed by atoms with Gasteiger partial charge in [0, 0.05) is 35.8 Å². The van der Waals surface area contributed by atoms with Gasteiger partial charge in [-0.1, -0.05) is 29.8 Å². The van der Waals surface area contributed by atoms with Crippen molar-refractivity contribution < 1.29 is 14.6 Å². The van der Waals surface area contributed by atoms with Crippen molar-refractivity contribution in [2.24, 2.45) is 0 Å². The standard InChI is InChI=1S/C15H15ClO3/c16-11-5-2-1-4-9(11)10-8-14(18)19-13-7-3-6-12(17)15(10)13/h1-2,4-5,10,14,18H,3,6-8H2/t10-,14?/m0/s1. The Morgan fingerprint density at radius 2 is 2.05 bits per heavy atom. The van der Waals surface area contributed by atoms with Crippen molar-refractivity contribution in [3.8, 4) is 0 Å². The Balaban J connectivity index is 2.09. The number of ketones is 1. The van der Waals surface area contributed by atoms with Crippen LogP contribution in [0.4, 0.5) is 0 Å². The summed E-state index contributed by atoms with van der Waals surface area (Å²) in [6, 6.07) is 7.49. The summed E-state index contributed by atoms with van der Waals surface area (Å²) in [5.74, 6) is 0.623. The van der Waals surface area contributed by atoms with Crippen LogP contribution in [0, 0.1) is 0 Å². The van der Waals surface area contributed by atoms with Gasteiger partial charge in [-0.05, 0) is 18.1 Å². The fourth-order valence-electron chi connectivity index (χ4n) is 2.92. The van der Waals surface area contributed by atoms with Crippen LogP contribution < -0.4 is 0 Å². The Hall–Kier alpha value is -1.32. The Bertz CT molecular complexity index is 550. The van der Waals surface area contributed by atoms with Crippen LogP contribution in [0.1, 0.15) is 37.2 Å². The fourth-order valence-corrected chi connectivity index (χ4v) is 3.18. The molecule has 4 heteroatoms. The van der Waals surface area contributed by atoms with E-state index in [9.17, 15) is 9.90 Å². The third kappa shape index (κ3) is 2.28. The predicted molar refractivity (Wildman–Crippen MR) is 71.8 cm³/mol. The quantitative estimate of drug-likeness (QED) is 0.858. The fraction of sp³-hybridized carbons (Fsp3) is 0.400. The number of rotatable bonds is 1. The number of aliphatic hydroxyl groups excluding tert-OH is 1. The summed E-state index contributed by atoms with van der Waals surface area (Å²) in [6.45, 7) is 0. The minimum absolute atomic E-state index is 0.123. The van der Waals surface area contributed by atoms with Crippen LogP contribution >= 0.6 is 11.6 Å². The predicted octanol–water partition coefficient (Wildman–Crippen LogP) is 3.17. The lowest BCUT2D eigenvalue weighted by atomic mass is 9.79. The normalized spacial score (nSPS) is 26.9. The molecular weight excluding hydrogens is 264 g/mol. The molecule has 19 heavy (non-hydrogen) atoms. The highest BCUT2D eigenvalue weighted by molar-refractivity contribution is 6.31. The van der Waals surface area contributed by atoms with Crippen LogP contribution in [0.2, 0.25) is 5.02 Å². The third-order valence-corrected chi connectivity index (χ3v) is 4.10. The molecule has 0 bridgehead atoms. The Labute approximate surface area is 116 Å². The van der Waals surface area contributed by atoms with Crippen molar-refractivity contribution in [3.63, 3.8) is 0 Å². The largest absolute Gasteiger partial charge is 0.469 e. The van der Waals surface area contributed by atoms with Gasteiger partial charge in [-0.2, -0.15) is 0 Å². The Morgan fingerprint density at radius 1 is 1.26 bits per heavy atom. The van der Waals surface area contributed by atoms with E-state index in [0.717, 1.165) is 18.4 Å². The zero-order valence-corrected chi connectivity index (χ0v) is 11.2. The molecule has 1 aliphatic carbocycles. The number of carbonyl (C=O) groups is 1. The molecule has 1 aromatic carbocycles. The van der Waals surface area contributed by atoms with Crippen LogP contribution in [-0.4, -0.2) is 17.2 Å². The molecule has 0 aromatic heterocycles. The van der Waals surface area contributed by atoms with E-state index in [0.29, 0.717) is 29.2 Å². The molecule has 0 saturated carbocycles. The van der Waals surface area contributed by atoms with Crippen LogP contribution in [0.5, 0.6) is 0 Å². The molecule has 1 aliphatic heterocycles. The number of aliphatic hydroxyl groups is 1. The van der Waals surface area contributed by atoms with Crippen LogP contribution in [-0.2, 0) is 9.53 Å². The molecule has 2 aliphatic rings. The maximum absolute atomic E-state index is 12.2. The van der Waals surface area contributed by atoms with Gasteiger partial charge >= 0.3 is 0 Å². The highest BCUT2D eigenvalue weighted by Crippen LogP contribution is 2.43. The number of Topliss-reactive ketones (excluding diaryl/α,β-unsaturated/α-hetero) is 1. The lowest BCUT2D eigenvalue weighted by Gasteiger charge is -2.34. The van der Waals surface area contributed by atoms with Crippen molar-refractivity contribution in [2.75, 3.05) is 0 Å². The molecule has 3 rings (SSSR count). The lowest BCUT2D eigenvalue weighted by Crippen LogP contribution is -2.30. The molecule has 0 saturated heterocycles. The second-order valence-electron chi connectivity index (χ2n) is 5.00. The molecule has 1 heterocycles. The third-order valence-electron chi connectivity index (χ3n) is 3.75. The summed E-state index contributed by atoms with van der Waals surface area (Å²) in [5.41, 5.74) is 1.61. The first kappa shape index (κ1) is 12.7. The van der Waals surface area contributed by atoms with Crippen LogP contribution in [0.15, 0.2) is 35.6 Å². The van der Waals surface area contributed by atoms with E-state index in [2.05, 4.69) is 0 Å². The first-order valence-electron chi connectivity index (χ1n) is 6.52. The summed E-state index contributed by atoms with van der Waals surface area (Å²) < 4.78 is 5.42. The first-order valence-corrected chi connectivity index (χ1v) is 6.90. The summed E-state index contributed by atoms with van der Waals surface area (Å²) >= 11 is 6.23. The molecule has 100 valence electrons. The number of hydrogen-bond acceptors (Lipinski definition) is 3. The van der Waals surface area contributed by atoms with Gasteiger partial charge < -0.3 is 9.84 Å². The van der Waals surface area contributed by atoms with Gasteiger partial charge in [0.05, 0.1) is 0 Å². The number of hydrogen-bond donors (Lipinski definition) is 1. The monoisotopic (exact) mass is 278 g/mol. The Morgan fingerprint density at radius 3 is 2.84 bits per heavy atom. The van der Waals surface area contributed by atoms with Gasteiger partial charge in [-0.15, -0.1) is 0 Å². The summed E-state index contributed by atoms with van der Waals surface area (Å²) in [4.78, 5) is 12.2. The zero-order chi connectivity index (χ0) is 13.4. The van der Waals surface area contributed by atoms with Crippen molar-refractivity contribution >= 4 is 17.4 Å². The molecule has 0 radical (unpaired) electrons. The summed E-state index contributed by atoms with van der Waals surface area (Å²) in [6.07, 6.45) is 1.60. The number of carbonyl (C=O) groups excluding carboxylic acids is 1. The SMILES string of the molecule is O=C1CCCC2=C1[C@H](c1ccccc1Cl)CC(O)O2. The van der Waals surface area contributed by atoms with Gasteiger partial charge in [-0.25, -0.2) is 0 Å². The second-order valence-corrected chi connectivity index (χ2v) is 5.40. The van der Waals surface area contributed by atoms with Gasteiger partial charge in [0.25, 0.3) is 0 Å². The minimum atomic E-state index is -0.856.